The number of hydrogen-bond acceptors (Lipinski definition) is 3. The van der Waals surface area contributed by atoms with E-state index in [1.54, 1.807) is 19.1 Å². The molecule has 2 rings (SSSR count). The Morgan fingerprint density at radius 2 is 2.05 bits per heavy atom. The van der Waals surface area contributed by atoms with Gasteiger partial charge in [0.1, 0.15) is 5.69 Å². The van der Waals surface area contributed by atoms with E-state index < -0.39 is 17.7 Å². The average Bonchev–Trinajstić information content (AvgIpc) is 2.74. The van der Waals surface area contributed by atoms with Crippen LogP contribution in [0.4, 0.5) is 13.2 Å². The van der Waals surface area contributed by atoms with Gasteiger partial charge in [0, 0.05) is 19.2 Å². The van der Waals surface area contributed by atoms with Crippen LogP contribution >= 0.6 is 0 Å². The molecule has 0 bridgehead atoms. The van der Waals surface area contributed by atoms with Crippen LogP contribution in [0.1, 0.15) is 28.7 Å². The van der Waals surface area contributed by atoms with E-state index in [0.717, 1.165) is 10.7 Å². The van der Waals surface area contributed by atoms with Gasteiger partial charge in [-0.1, -0.05) is 6.07 Å². The molecule has 2 heterocycles. The summed E-state index contributed by atoms with van der Waals surface area (Å²) in [4.78, 5) is 15.4. The number of carbonyl (C=O) groups excluding carboxylic acids is 1. The topological polar surface area (TPSA) is 47.8 Å². The lowest BCUT2D eigenvalue weighted by Crippen LogP contribution is -2.10. The first kappa shape index (κ1) is 13.3. The van der Waals surface area contributed by atoms with Gasteiger partial charge in [0.15, 0.2) is 17.3 Å². The second-order valence-electron chi connectivity index (χ2n) is 4.02. The number of alkyl halides is 3. The van der Waals surface area contributed by atoms with Crippen molar-refractivity contribution in [3.8, 4) is 5.82 Å². The van der Waals surface area contributed by atoms with Gasteiger partial charge in [-0.2, -0.15) is 18.3 Å². The highest BCUT2D eigenvalue weighted by atomic mass is 19.4. The zero-order chi connectivity index (χ0) is 14.2. The predicted molar refractivity (Wildman–Crippen MR) is 61.1 cm³/mol. The minimum atomic E-state index is -4.60. The molecule has 0 radical (unpaired) electrons. The fourth-order valence-corrected chi connectivity index (χ4v) is 1.63. The van der Waals surface area contributed by atoms with Crippen molar-refractivity contribution in [1.82, 2.24) is 14.8 Å². The summed E-state index contributed by atoms with van der Waals surface area (Å²) in [5, 5.41) is 3.44. The van der Waals surface area contributed by atoms with Crippen molar-refractivity contribution < 1.29 is 18.0 Å². The quantitative estimate of drug-likeness (QED) is 0.787. The largest absolute Gasteiger partial charge is 0.435 e. The second kappa shape index (κ2) is 4.49. The summed E-state index contributed by atoms with van der Waals surface area (Å²) >= 11 is 0. The van der Waals surface area contributed by atoms with Gasteiger partial charge >= 0.3 is 6.18 Å². The van der Waals surface area contributed by atoms with Crippen LogP contribution in [0.25, 0.3) is 5.82 Å². The highest BCUT2D eigenvalue weighted by molar-refractivity contribution is 5.93. The summed E-state index contributed by atoms with van der Waals surface area (Å²) in [7, 11) is 0. The lowest BCUT2D eigenvalue weighted by atomic mass is 10.2. The third-order valence-corrected chi connectivity index (χ3v) is 2.54. The molecule has 0 fully saturated rings. The van der Waals surface area contributed by atoms with Crippen LogP contribution in [0.15, 0.2) is 24.4 Å². The second-order valence-corrected chi connectivity index (χ2v) is 4.02. The molecule has 2 aromatic rings. The first-order valence-corrected chi connectivity index (χ1v) is 5.41. The Kier molecular flexibility index (Phi) is 3.13. The van der Waals surface area contributed by atoms with Crippen molar-refractivity contribution in [2.24, 2.45) is 0 Å². The van der Waals surface area contributed by atoms with E-state index in [9.17, 15) is 18.0 Å². The summed E-state index contributed by atoms with van der Waals surface area (Å²) in [5.41, 5.74) is -0.626. The number of nitrogens with zero attached hydrogens (tertiary/aromatic N) is 3. The number of hydrogen-bond donors (Lipinski definition) is 0. The third kappa shape index (κ3) is 2.49. The maximum Gasteiger partial charge on any atom is 0.435 e. The van der Waals surface area contributed by atoms with Crippen molar-refractivity contribution in [3.05, 3.63) is 41.3 Å². The fraction of sp³-hybridized carbons (Fsp3) is 0.250. The van der Waals surface area contributed by atoms with Crippen molar-refractivity contribution >= 4 is 5.78 Å². The first-order valence-electron chi connectivity index (χ1n) is 5.41. The summed E-state index contributed by atoms with van der Waals surface area (Å²) in [6.45, 7) is 2.87. The van der Waals surface area contributed by atoms with E-state index in [4.69, 9.17) is 0 Å². The maximum atomic E-state index is 12.7. The van der Waals surface area contributed by atoms with Gasteiger partial charge in [-0.3, -0.25) is 4.79 Å². The predicted octanol–water partition coefficient (Wildman–Crippen LogP) is 2.80. The number of pyridine rings is 1. The number of aryl methyl sites for hydroxylation is 1. The number of ketones is 1. The number of halogens is 3. The van der Waals surface area contributed by atoms with Gasteiger partial charge < -0.3 is 0 Å². The molecular weight excluding hydrogens is 259 g/mol. The van der Waals surface area contributed by atoms with Crippen molar-refractivity contribution in [3.63, 3.8) is 0 Å². The molecule has 0 aromatic carbocycles. The molecule has 100 valence electrons. The zero-order valence-corrected chi connectivity index (χ0v) is 10.2. The Morgan fingerprint density at radius 3 is 2.58 bits per heavy atom. The molecule has 0 N–H and O–H groups in total. The van der Waals surface area contributed by atoms with Crippen LogP contribution in [0.3, 0.4) is 0 Å². The molecule has 0 saturated heterocycles. The molecule has 0 spiro atoms. The van der Waals surface area contributed by atoms with Crippen LogP contribution in [-0.2, 0) is 6.18 Å². The maximum absolute atomic E-state index is 12.7. The number of carbonyl (C=O) groups is 1. The SMILES string of the molecule is CC(=O)c1cc(C(F)(F)F)nn1-c1ncccc1C. The third-order valence-electron chi connectivity index (χ3n) is 2.54. The van der Waals surface area contributed by atoms with E-state index in [0.29, 0.717) is 5.56 Å². The van der Waals surface area contributed by atoms with Crippen molar-refractivity contribution in [1.29, 1.82) is 0 Å². The van der Waals surface area contributed by atoms with Gasteiger partial charge in [-0.25, -0.2) is 9.67 Å². The Labute approximate surface area is 106 Å². The van der Waals surface area contributed by atoms with Gasteiger partial charge in [0.2, 0.25) is 0 Å². The van der Waals surface area contributed by atoms with Crippen LogP contribution in [0.2, 0.25) is 0 Å². The lowest BCUT2D eigenvalue weighted by molar-refractivity contribution is -0.141. The summed E-state index contributed by atoms with van der Waals surface area (Å²) in [6, 6.07) is 4.07. The van der Waals surface area contributed by atoms with Gasteiger partial charge in [-0.15, -0.1) is 0 Å². The molecule has 4 nitrogen and oxygen atoms in total. The molecule has 19 heavy (non-hydrogen) atoms. The highest BCUT2D eigenvalue weighted by Crippen LogP contribution is 2.29. The molecule has 0 unspecified atom stereocenters. The van der Waals surface area contributed by atoms with E-state index in [-0.39, 0.29) is 11.5 Å². The van der Waals surface area contributed by atoms with Gasteiger partial charge in [0.25, 0.3) is 0 Å². The molecule has 0 aliphatic heterocycles. The normalized spacial score (nSPS) is 11.6. The summed E-state index contributed by atoms with van der Waals surface area (Å²) in [5.74, 6) is -0.295. The standard InChI is InChI=1S/C12H10F3N3O/c1-7-4-3-5-16-11(7)18-9(8(2)19)6-10(17-18)12(13,14)15/h3-6H,1-2H3. The first-order chi connectivity index (χ1) is 8.80. The van der Waals surface area contributed by atoms with Crippen LogP contribution in [-0.4, -0.2) is 20.5 Å². The minimum Gasteiger partial charge on any atom is -0.293 e. The molecule has 2 aromatic heterocycles. The summed E-state index contributed by atoms with van der Waals surface area (Å²) < 4.78 is 38.9. The highest BCUT2D eigenvalue weighted by Gasteiger charge is 2.35. The average molecular weight is 269 g/mol. The smallest absolute Gasteiger partial charge is 0.293 e. The van der Waals surface area contributed by atoms with Crippen LogP contribution in [0.5, 0.6) is 0 Å². The number of aromatic nitrogens is 3. The molecule has 0 aliphatic rings. The Morgan fingerprint density at radius 1 is 1.37 bits per heavy atom. The zero-order valence-electron chi connectivity index (χ0n) is 10.2. The molecule has 0 aliphatic carbocycles. The number of Topliss-reactive ketones (excluding diaryl/α,β-unsaturated/α-hetero) is 1. The van der Waals surface area contributed by atoms with E-state index in [1.165, 1.54) is 13.1 Å². The Bertz CT molecular complexity index is 631. The van der Waals surface area contributed by atoms with Gasteiger partial charge in [-0.05, 0) is 18.6 Å². The fourth-order valence-electron chi connectivity index (χ4n) is 1.63. The number of rotatable bonds is 2. The summed E-state index contributed by atoms with van der Waals surface area (Å²) in [6.07, 6.45) is -3.17. The minimum absolute atomic E-state index is 0.144. The lowest BCUT2D eigenvalue weighted by Gasteiger charge is -2.06. The molecule has 0 amide bonds. The Hall–Kier alpha value is -2.18. The van der Waals surface area contributed by atoms with Crippen molar-refractivity contribution in [2.75, 3.05) is 0 Å². The molecule has 0 saturated carbocycles. The van der Waals surface area contributed by atoms with Crippen LogP contribution < -0.4 is 0 Å². The van der Waals surface area contributed by atoms with E-state index >= 15 is 0 Å². The molecular formula is C12H10F3N3O. The monoisotopic (exact) mass is 269 g/mol. The molecule has 7 heteroatoms. The van der Waals surface area contributed by atoms with Crippen molar-refractivity contribution in [2.45, 2.75) is 20.0 Å². The van der Waals surface area contributed by atoms with E-state index in [1.807, 2.05) is 0 Å². The van der Waals surface area contributed by atoms with E-state index in [2.05, 4.69) is 10.1 Å². The van der Waals surface area contributed by atoms with Crippen LogP contribution in [0, 0.1) is 6.92 Å². The van der Waals surface area contributed by atoms with Gasteiger partial charge in [0.05, 0.1) is 0 Å². The molecule has 0 atom stereocenters. The Balaban J connectivity index is 2.66.